The summed E-state index contributed by atoms with van der Waals surface area (Å²) >= 11 is 0. The van der Waals surface area contributed by atoms with E-state index in [-0.39, 0.29) is 6.42 Å². The van der Waals surface area contributed by atoms with Crippen LogP contribution in [0.1, 0.15) is 31.5 Å². The lowest BCUT2D eigenvalue weighted by Gasteiger charge is -2.31. The number of carbonyl (C=O) groups is 1. The SMILES string of the molecule is CC(C)N1CCc2c(c3cnccc3n2CCC(=O)O)C1. The zero-order valence-corrected chi connectivity index (χ0v) is 12.5. The molecule has 21 heavy (non-hydrogen) atoms. The summed E-state index contributed by atoms with van der Waals surface area (Å²) < 4.78 is 2.18. The summed E-state index contributed by atoms with van der Waals surface area (Å²) in [5.41, 5.74) is 3.72. The predicted molar refractivity (Wildman–Crippen MR) is 81.2 cm³/mol. The van der Waals surface area contributed by atoms with E-state index in [0.29, 0.717) is 12.6 Å². The van der Waals surface area contributed by atoms with Crippen molar-refractivity contribution >= 4 is 16.9 Å². The van der Waals surface area contributed by atoms with Crippen molar-refractivity contribution in [1.29, 1.82) is 0 Å². The molecular weight excluding hydrogens is 266 g/mol. The zero-order valence-electron chi connectivity index (χ0n) is 12.5. The molecule has 0 bridgehead atoms. The van der Waals surface area contributed by atoms with Gasteiger partial charge in [0.05, 0.1) is 11.9 Å². The Balaban J connectivity index is 2.06. The number of hydrogen-bond acceptors (Lipinski definition) is 3. The molecule has 0 aliphatic carbocycles. The third-order valence-corrected chi connectivity index (χ3v) is 4.36. The molecule has 5 nitrogen and oxygen atoms in total. The van der Waals surface area contributed by atoms with Crippen LogP contribution in [-0.4, -0.2) is 38.1 Å². The minimum Gasteiger partial charge on any atom is -0.481 e. The summed E-state index contributed by atoms with van der Waals surface area (Å²) in [5.74, 6) is -0.751. The van der Waals surface area contributed by atoms with Gasteiger partial charge in [-0.15, -0.1) is 0 Å². The van der Waals surface area contributed by atoms with E-state index in [1.54, 1.807) is 6.20 Å². The molecule has 1 aliphatic rings. The van der Waals surface area contributed by atoms with Crippen molar-refractivity contribution in [3.63, 3.8) is 0 Å². The van der Waals surface area contributed by atoms with E-state index < -0.39 is 5.97 Å². The Labute approximate surface area is 124 Å². The molecule has 3 rings (SSSR count). The van der Waals surface area contributed by atoms with Crippen LogP contribution in [0.15, 0.2) is 18.5 Å². The van der Waals surface area contributed by atoms with Crippen LogP contribution in [0, 0.1) is 0 Å². The van der Waals surface area contributed by atoms with Crippen LogP contribution in [0.5, 0.6) is 0 Å². The maximum Gasteiger partial charge on any atom is 0.305 e. The van der Waals surface area contributed by atoms with Crippen LogP contribution in [-0.2, 0) is 24.3 Å². The Bertz CT molecular complexity index is 675. The van der Waals surface area contributed by atoms with Gasteiger partial charge in [0.1, 0.15) is 0 Å². The summed E-state index contributed by atoms with van der Waals surface area (Å²) in [7, 11) is 0. The number of carboxylic acid groups (broad SMARTS) is 1. The third-order valence-electron chi connectivity index (χ3n) is 4.36. The minimum atomic E-state index is -0.751. The van der Waals surface area contributed by atoms with Gasteiger partial charge in [-0.1, -0.05) is 0 Å². The molecular formula is C16H21N3O2. The molecule has 0 aromatic carbocycles. The fourth-order valence-corrected chi connectivity index (χ4v) is 3.22. The highest BCUT2D eigenvalue weighted by molar-refractivity contribution is 5.85. The molecule has 3 heterocycles. The molecule has 2 aromatic rings. The van der Waals surface area contributed by atoms with Gasteiger partial charge in [-0.05, 0) is 25.5 Å². The van der Waals surface area contributed by atoms with Crippen LogP contribution < -0.4 is 0 Å². The van der Waals surface area contributed by atoms with Gasteiger partial charge < -0.3 is 9.67 Å². The lowest BCUT2D eigenvalue weighted by Crippen LogP contribution is -2.36. The number of fused-ring (bicyclic) bond motifs is 3. The summed E-state index contributed by atoms with van der Waals surface area (Å²) in [6, 6.07) is 2.52. The molecule has 0 amide bonds. The van der Waals surface area contributed by atoms with E-state index in [2.05, 4.69) is 28.3 Å². The van der Waals surface area contributed by atoms with Gasteiger partial charge in [-0.25, -0.2) is 0 Å². The second-order valence-electron chi connectivity index (χ2n) is 5.93. The first-order valence-corrected chi connectivity index (χ1v) is 7.47. The Morgan fingerprint density at radius 3 is 3.00 bits per heavy atom. The van der Waals surface area contributed by atoms with Gasteiger partial charge in [-0.2, -0.15) is 0 Å². The van der Waals surface area contributed by atoms with E-state index in [0.717, 1.165) is 25.0 Å². The normalized spacial score (nSPS) is 15.6. The second kappa shape index (κ2) is 5.48. The fraction of sp³-hybridized carbons (Fsp3) is 0.500. The number of nitrogens with zero attached hydrogens (tertiary/aromatic N) is 3. The standard InChI is InChI=1S/C16H21N3O2/c1-11(2)18-7-4-15-13(10-18)12-9-17-6-3-14(12)19(15)8-5-16(20)21/h3,6,9,11H,4-5,7-8,10H2,1-2H3,(H,20,21). The predicted octanol–water partition coefficient (Wildman–Crippen LogP) is 2.28. The zero-order chi connectivity index (χ0) is 15.0. The lowest BCUT2D eigenvalue weighted by atomic mass is 10.0. The van der Waals surface area contributed by atoms with Crippen LogP contribution in [0.2, 0.25) is 0 Å². The quantitative estimate of drug-likeness (QED) is 0.937. The summed E-state index contributed by atoms with van der Waals surface area (Å²) in [6.07, 6.45) is 4.83. The number of carboxylic acids is 1. The van der Waals surface area contributed by atoms with E-state index in [9.17, 15) is 4.79 Å². The molecule has 1 aliphatic heterocycles. The Hall–Kier alpha value is -1.88. The molecule has 0 radical (unpaired) electrons. The number of aryl methyl sites for hydroxylation is 1. The van der Waals surface area contributed by atoms with Crippen molar-refractivity contribution in [2.24, 2.45) is 0 Å². The smallest absolute Gasteiger partial charge is 0.305 e. The van der Waals surface area contributed by atoms with E-state index in [4.69, 9.17) is 5.11 Å². The van der Waals surface area contributed by atoms with E-state index in [1.165, 1.54) is 16.6 Å². The van der Waals surface area contributed by atoms with E-state index in [1.807, 2.05) is 12.3 Å². The molecule has 5 heteroatoms. The Morgan fingerprint density at radius 1 is 1.48 bits per heavy atom. The summed E-state index contributed by atoms with van der Waals surface area (Å²) in [4.78, 5) is 17.6. The molecule has 0 fully saturated rings. The highest BCUT2D eigenvalue weighted by Gasteiger charge is 2.25. The van der Waals surface area contributed by atoms with Crippen molar-refractivity contribution in [3.05, 3.63) is 29.7 Å². The number of rotatable bonds is 4. The Kier molecular flexibility index (Phi) is 3.68. The highest BCUT2D eigenvalue weighted by atomic mass is 16.4. The van der Waals surface area contributed by atoms with Crippen molar-refractivity contribution in [1.82, 2.24) is 14.5 Å². The first kappa shape index (κ1) is 14.1. The van der Waals surface area contributed by atoms with Crippen LogP contribution in [0.4, 0.5) is 0 Å². The lowest BCUT2D eigenvalue weighted by molar-refractivity contribution is -0.137. The third kappa shape index (κ3) is 2.53. The van der Waals surface area contributed by atoms with Crippen LogP contribution in [0.3, 0.4) is 0 Å². The van der Waals surface area contributed by atoms with Crippen molar-refractivity contribution in [2.75, 3.05) is 6.54 Å². The molecule has 2 aromatic heterocycles. The van der Waals surface area contributed by atoms with Crippen molar-refractivity contribution < 1.29 is 9.90 Å². The van der Waals surface area contributed by atoms with Gasteiger partial charge in [-0.3, -0.25) is 14.7 Å². The molecule has 0 saturated carbocycles. The summed E-state index contributed by atoms with van der Waals surface area (Å²) in [5, 5.41) is 10.1. The average Bonchev–Trinajstić information content (AvgIpc) is 2.78. The maximum atomic E-state index is 10.9. The highest BCUT2D eigenvalue weighted by Crippen LogP contribution is 2.31. The molecule has 0 atom stereocenters. The molecule has 0 unspecified atom stereocenters. The molecule has 0 spiro atoms. The van der Waals surface area contributed by atoms with Crippen molar-refractivity contribution in [3.8, 4) is 0 Å². The van der Waals surface area contributed by atoms with Gasteiger partial charge in [0.25, 0.3) is 0 Å². The van der Waals surface area contributed by atoms with Crippen LogP contribution >= 0.6 is 0 Å². The van der Waals surface area contributed by atoms with E-state index >= 15 is 0 Å². The second-order valence-corrected chi connectivity index (χ2v) is 5.93. The van der Waals surface area contributed by atoms with Gasteiger partial charge in [0.2, 0.25) is 0 Å². The maximum absolute atomic E-state index is 10.9. The first-order valence-electron chi connectivity index (χ1n) is 7.47. The number of hydrogen-bond donors (Lipinski definition) is 1. The van der Waals surface area contributed by atoms with Gasteiger partial charge in [0, 0.05) is 55.6 Å². The van der Waals surface area contributed by atoms with Crippen molar-refractivity contribution in [2.45, 2.75) is 45.8 Å². The minimum absolute atomic E-state index is 0.159. The van der Waals surface area contributed by atoms with Gasteiger partial charge >= 0.3 is 5.97 Å². The van der Waals surface area contributed by atoms with Gasteiger partial charge in [0.15, 0.2) is 0 Å². The topological polar surface area (TPSA) is 58.4 Å². The molecule has 0 saturated heterocycles. The van der Waals surface area contributed by atoms with Crippen LogP contribution in [0.25, 0.3) is 10.9 Å². The first-order chi connectivity index (χ1) is 10.1. The fourth-order valence-electron chi connectivity index (χ4n) is 3.22. The number of pyridine rings is 1. The Morgan fingerprint density at radius 2 is 2.29 bits per heavy atom. The molecule has 1 N–H and O–H groups in total. The number of aromatic nitrogens is 2. The molecule has 112 valence electrons. The average molecular weight is 287 g/mol. The number of aliphatic carboxylic acids is 1. The largest absolute Gasteiger partial charge is 0.481 e. The summed E-state index contributed by atoms with van der Waals surface area (Å²) in [6.45, 7) is 6.92. The monoisotopic (exact) mass is 287 g/mol.